The first kappa shape index (κ1) is 16.5. The molecule has 0 bridgehead atoms. The fourth-order valence-electron chi connectivity index (χ4n) is 2.80. The molecule has 0 radical (unpaired) electrons. The molecular formula is C19H17N3O3. The van der Waals surface area contributed by atoms with Gasteiger partial charge in [0, 0.05) is 24.7 Å². The van der Waals surface area contributed by atoms with E-state index in [1.807, 2.05) is 6.07 Å². The predicted octanol–water partition coefficient (Wildman–Crippen LogP) is 2.39. The van der Waals surface area contributed by atoms with Crippen LogP contribution in [0.4, 0.5) is 5.69 Å². The Morgan fingerprint density at radius 3 is 2.68 bits per heavy atom. The second kappa shape index (κ2) is 6.65. The molecule has 0 fully saturated rings. The quantitative estimate of drug-likeness (QED) is 0.863. The molecule has 6 nitrogen and oxygen atoms in total. The van der Waals surface area contributed by atoms with E-state index in [2.05, 4.69) is 11.1 Å². The molecule has 0 spiro atoms. The number of aliphatic imine (C=N–C) groups is 1. The zero-order chi connectivity index (χ0) is 18.0. The summed E-state index contributed by atoms with van der Waals surface area (Å²) in [7, 11) is 4.82. The van der Waals surface area contributed by atoms with E-state index in [1.54, 1.807) is 56.5 Å². The summed E-state index contributed by atoms with van der Waals surface area (Å²) in [5, 5.41) is 9.17. The van der Waals surface area contributed by atoms with Gasteiger partial charge in [-0.1, -0.05) is 12.1 Å². The Balaban J connectivity index is 2.30. The molecule has 3 rings (SSSR count). The maximum absolute atomic E-state index is 12.4. The van der Waals surface area contributed by atoms with Crippen molar-refractivity contribution in [1.82, 2.24) is 0 Å². The first-order valence-corrected chi connectivity index (χ1v) is 7.67. The lowest BCUT2D eigenvalue weighted by Crippen LogP contribution is -2.28. The number of methoxy groups -OCH3 is 2. The summed E-state index contributed by atoms with van der Waals surface area (Å²) < 4.78 is 10.9. The fourth-order valence-corrected chi connectivity index (χ4v) is 2.80. The maximum atomic E-state index is 12.4. The van der Waals surface area contributed by atoms with E-state index in [4.69, 9.17) is 9.47 Å². The van der Waals surface area contributed by atoms with Gasteiger partial charge in [0.2, 0.25) is 5.91 Å². The Labute approximate surface area is 145 Å². The van der Waals surface area contributed by atoms with E-state index in [9.17, 15) is 10.1 Å². The molecule has 0 saturated carbocycles. The first-order valence-electron chi connectivity index (χ1n) is 7.67. The number of carbonyl (C=O) groups excluding carboxylic acids is 1. The van der Waals surface area contributed by atoms with Crippen molar-refractivity contribution in [2.24, 2.45) is 4.99 Å². The largest absolute Gasteiger partial charge is 0.497 e. The zero-order valence-corrected chi connectivity index (χ0v) is 14.2. The van der Waals surface area contributed by atoms with Gasteiger partial charge in [-0.15, -0.1) is 0 Å². The third-order valence-corrected chi connectivity index (χ3v) is 4.12. The lowest BCUT2D eigenvalue weighted by Gasteiger charge is -2.21. The summed E-state index contributed by atoms with van der Waals surface area (Å²) in [6.07, 6.45) is 0. The smallest absolute Gasteiger partial charge is 0.248 e. The molecule has 0 atom stereocenters. The number of nitrogens with zero attached hydrogens (tertiary/aromatic N) is 3. The van der Waals surface area contributed by atoms with Gasteiger partial charge in [0.1, 0.15) is 18.0 Å². The molecule has 25 heavy (non-hydrogen) atoms. The van der Waals surface area contributed by atoms with Crippen molar-refractivity contribution in [2.45, 2.75) is 0 Å². The number of hydrogen-bond donors (Lipinski definition) is 0. The third kappa shape index (κ3) is 2.92. The first-order chi connectivity index (χ1) is 12.1. The number of fused-ring (bicyclic) bond motifs is 1. The Bertz CT molecular complexity index is 913. The number of hydrogen-bond acceptors (Lipinski definition) is 5. The molecule has 0 unspecified atom stereocenters. The number of likely N-dealkylation sites (N-methyl/N-ethyl adjacent to an activating group) is 1. The minimum atomic E-state index is -0.136. The Morgan fingerprint density at radius 2 is 2.00 bits per heavy atom. The van der Waals surface area contributed by atoms with Crippen LogP contribution >= 0.6 is 0 Å². The standard InChI is InChI=1S/C19H17N3O3/c1-22-15-8-14(24-2)9-16(25-3)18(15)19(21-11-17(22)23)13-6-4-5-12(7-13)10-20/h4-9H,11H2,1-3H3. The van der Waals surface area contributed by atoms with Crippen LogP contribution in [0.2, 0.25) is 0 Å². The van der Waals surface area contributed by atoms with Gasteiger partial charge in [0.05, 0.1) is 42.8 Å². The highest BCUT2D eigenvalue weighted by Crippen LogP contribution is 2.37. The van der Waals surface area contributed by atoms with E-state index >= 15 is 0 Å². The number of anilines is 1. The van der Waals surface area contributed by atoms with Crippen molar-refractivity contribution >= 4 is 17.3 Å². The maximum Gasteiger partial charge on any atom is 0.248 e. The van der Waals surface area contributed by atoms with Crippen LogP contribution in [0, 0.1) is 11.3 Å². The average Bonchev–Trinajstić information content (AvgIpc) is 2.78. The Kier molecular flexibility index (Phi) is 4.40. The van der Waals surface area contributed by atoms with Crippen molar-refractivity contribution in [2.75, 3.05) is 32.7 Å². The number of benzodiazepines with no additional fused rings is 1. The SMILES string of the molecule is COc1cc(OC)c2c(c1)N(C)C(=O)CN=C2c1cccc(C#N)c1. The number of ether oxygens (including phenoxy) is 2. The van der Waals surface area contributed by atoms with Crippen LogP contribution in [0.25, 0.3) is 0 Å². The van der Waals surface area contributed by atoms with Crippen LogP contribution in [-0.2, 0) is 4.79 Å². The molecule has 0 saturated heterocycles. The molecule has 1 heterocycles. The third-order valence-electron chi connectivity index (χ3n) is 4.12. The predicted molar refractivity (Wildman–Crippen MR) is 94.6 cm³/mol. The molecular weight excluding hydrogens is 318 g/mol. The summed E-state index contributed by atoms with van der Waals surface area (Å²) in [4.78, 5) is 18.4. The van der Waals surface area contributed by atoms with Gasteiger partial charge in [-0.3, -0.25) is 9.79 Å². The summed E-state index contributed by atoms with van der Waals surface area (Å²) in [5.41, 5.74) is 3.25. The molecule has 1 amide bonds. The summed E-state index contributed by atoms with van der Waals surface area (Å²) in [5.74, 6) is 1.00. The molecule has 6 heteroatoms. The van der Waals surface area contributed by atoms with E-state index in [0.717, 1.165) is 5.56 Å². The Hall–Kier alpha value is -3.33. The molecule has 2 aromatic rings. The van der Waals surface area contributed by atoms with Crippen molar-refractivity contribution in [3.63, 3.8) is 0 Å². The van der Waals surface area contributed by atoms with Gasteiger partial charge >= 0.3 is 0 Å². The molecule has 0 N–H and O–H groups in total. The normalized spacial score (nSPS) is 13.4. The van der Waals surface area contributed by atoms with Crippen LogP contribution in [0.15, 0.2) is 41.4 Å². The summed E-state index contributed by atoms with van der Waals surface area (Å²) in [6, 6.07) is 12.8. The summed E-state index contributed by atoms with van der Waals surface area (Å²) in [6.45, 7) is 0.0166. The minimum Gasteiger partial charge on any atom is -0.497 e. The highest BCUT2D eigenvalue weighted by molar-refractivity contribution is 6.21. The zero-order valence-electron chi connectivity index (χ0n) is 14.2. The van der Waals surface area contributed by atoms with E-state index < -0.39 is 0 Å². The average molecular weight is 335 g/mol. The van der Waals surface area contributed by atoms with Gasteiger partial charge < -0.3 is 14.4 Å². The second-order valence-corrected chi connectivity index (χ2v) is 5.53. The van der Waals surface area contributed by atoms with Crippen LogP contribution in [-0.4, -0.2) is 39.4 Å². The van der Waals surface area contributed by atoms with Crippen molar-refractivity contribution in [1.29, 1.82) is 5.26 Å². The minimum absolute atomic E-state index is 0.0166. The highest BCUT2D eigenvalue weighted by Gasteiger charge is 2.27. The van der Waals surface area contributed by atoms with Gasteiger partial charge in [0.25, 0.3) is 0 Å². The molecule has 2 aromatic carbocycles. The number of carbonyl (C=O) groups is 1. The van der Waals surface area contributed by atoms with Crippen molar-refractivity contribution < 1.29 is 14.3 Å². The van der Waals surface area contributed by atoms with Crippen molar-refractivity contribution in [3.8, 4) is 17.6 Å². The van der Waals surface area contributed by atoms with Crippen LogP contribution in [0.1, 0.15) is 16.7 Å². The second-order valence-electron chi connectivity index (χ2n) is 5.53. The molecule has 1 aliphatic rings. The van der Waals surface area contributed by atoms with Gasteiger partial charge in [-0.25, -0.2) is 0 Å². The van der Waals surface area contributed by atoms with Crippen molar-refractivity contribution in [3.05, 3.63) is 53.1 Å². The Morgan fingerprint density at radius 1 is 1.20 bits per heavy atom. The number of rotatable bonds is 3. The number of nitriles is 1. The number of amides is 1. The van der Waals surface area contributed by atoms with E-state index in [-0.39, 0.29) is 12.5 Å². The monoisotopic (exact) mass is 335 g/mol. The lowest BCUT2D eigenvalue weighted by molar-refractivity contribution is -0.116. The summed E-state index contributed by atoms with van der Waals surface area (Å²) >= 11 is 0. The van der Waals surface area contributed by atoms with Crippen LogP contribution in [0.5, 0.6) is 11.5 Å². The van der Waals surface area contributed by atoms with Crippen LogP contribution < -0.4 is 14.4 Å². The van der Waals surface area contributed by atoms with Gasteiger partial charge in [-0.2, -0.15) is 5.26 Å². The molecule has 0 aromatic heterocycles. The molecule has 126 valence electrons. The number of benzene rings is 2. The van der Waals surface area contributed by atoms with E-state index in [1.165, 1.54) is 0 Å². The molecule has 0 aliphatic carbocycles. The van der Waals surface area contributed by atoms with Gasteiger partial charge in [-0.05, 0) is 12.1 Å². The van der Waals surface area contributed by atoms with Crippen LogP contribution in [0.3, 0.4) is 0 Å². The highest BCUT2D eigenvalue weighted by atomic mass is 16.5. The fraction of sp³-hybridized carbons (Fsp3) is 0.211. The topological polar surface area (TPSA) is 74.9 Å². The lowest BCUT2D eigenvalue weighted by atomic mass is 9.97. The van der Waals surface area contributed by atoms with Gasteiger partial charge in [0.15, 0.2) is 0 Å². The van der Waals surface area contributed by atoms with E-state index in [0.29, 0.717) is 34.0 Å². The molecule has 1 aliphatic heterocycles.